The Hall–Kier alpha value is -3.49. The number of fused-ring (bicyclic) bond motifs is 2. The minimum atomic E-state index is -0.267. The maximum absolute atomic E-state index is 13.0. The van der Waals surface area contributed by atoms with Crippen molar-refractivity contribution in [1.82, 2.24) is 25.2 Å². The molecule has 3 aromatic rings. The second-order valence-electron chi connectivity index (χ2n) is 6.24. The Morgan fingerprint density at radius 1 is 1.31 bits per heavy atom. The Morgan fingerprint density at radius 2 is 2.12 bits per heavy atom. The molecule has 9 heteroatoms. The highest BCUT2D eigenvalue weighted by Gasteiger charge is 2.32. The van der Waals surface area contributed by atoms with Crippen LogP contribution in [0.25, 0.3) is 10.8 Å². The molecular weight excluding hydrogens is 332 g/mol. The van der Waals surface area contributed by atoms with E-state index in [2.05, 4.69) is 25.8 Å². The van der Waals surface area contributed by atoms with Crippen LogP contribution in [-0.2, 0) is 4.79 Å². The predicted octanol–water partition coefficient (Wildman–Crippen LogP) is 1.73. The molecule has 3 heterocycles. The van der Waals surface area contributed by atoms with Gasteiger partial charge in [-0.1, -0.05) is 5.10 Å². The number of carbonyl (C=O) groups is 1. The molecule has 1 atom stereocenters. The minimum Gasteiger partial charge on any atom is -0.383 e. The summed E-state index contributed by atoms with van der Waals surface area (Å²) in [4.78, 5) is 18.8. The summed E-state index contributed by atoms with van der Waals surface area (Å²) in [5.74, 6) is 0.886. The number of carbonyl (C=O) groups excluding carboxylic acids is 1. The van der Waals surface area contributed by atoms with E-state index in [0.717, 1.165) is 16.5 Å². The summed E-state index contributed by atoms with van der Waals surface area (Å²) >= 11 is 0. The van der Waals surface area contributed by atoms with E-state index in [1.807, 2.05) is 50.1 Å². The van der Waals surface area contributed by atoms with E-state index in [1.165, 1.54) is 0 Å². The van der Waals surface area contributed by atoms with Gasteiger partial charge in [-0.2, -0.15) is 0 Å². The molecule has 1 amide bonds. The molecule has 1 unspecified atom stereocenters. The van der Waals surface area contributed by atoms with Crippen molar-refractivity contribution in [3.8, 4) is 0 Å². The third kappa shape index (κ3) is 2.36. The Bertz CT molecular complexity index is 1050. The van der Waals surface area contributed by atoms with Crippen LogP contribution in [0.3, 0.4) is 0 Å². The van der Waals surface area contributed by atoms with Crippen LogP contribution in [0.15, 0.2) is 41.7 Å². The molecule has 0 saturated carbocycles. The van der Waals surface area contributed by atoms with Gasteiger partial charge in [-0.3, -0.25) is 4.79 Å². The van der Waals surface area contributed by atoms with Crippen LogP contribution >= 0.6 is 0 Å². The minimum absolute atomic E-state index is 0.190. The number of nitrogens with zero attached hydrogens (tertiary/aromatic N) is 6. The summed E-state index contributed by atoms with van der Waals surface area (Å²) < 4.78 is 1.63. The van der Waals surface area contributed by atoms with E-state index >= 15 is 0 Å². The average molecular weight is 350 g/mol. The number of tetrazole rings is 1. The zero-order chi connectivity index (χ0) is 18.4. The summed E-state index contributed by atoms with van der Waals surface area (Å²) in [5, 5.41) is 16.4. The van der Waals surface area contributed by atoms with Crippen LogP contribution in [0.1, 0.15) is 19.9 Å². The van der Waals surface area contributed by atoms with E-state index in [-0.39, 0.29) is 11.9 Å². The maximum atomic E-state index is 13.0. The number of rotatable bonds is 2. The van der Waals surface area contributed by atoms with Gasteiger partial charge < -0.3 is 16.0 Å². The number of pyridine rings is 1. The molecular formula is C17H18N8O. The van der Waals surface area contributed by atoms with Crippen molar-refractivity contribution in [3.05, 3.63) is 41.7 Å². The van der Waals surface area contributed by atoms with Gasteiger partial charge in [-0.15, -0.1) is 0 Å². The van der Waals surface area contributed by atoms with Gasteiger partial charge in [0.15, 0.2) is 0 Å². The molecule has 9 nitrogen and oxygen atoms in total. The van der Waals surface area contributed by atoms with Gasteiger partial charge in [0.25, 0.3) is 5.91 Å². The number of hydrogen-bond donors (Lipinski definition) is 2. The number of nitrogens with two attached hydrogens (primary N) is 1. The topological polar surface area (TPSA) is 115 Å². The lowest BCUT2D eigenvalue weighted by Gasteiger charge is -2.30. The molecule has 0 saturated heterocycles. The van der Waals surface area contributed by atoms with Gasteiger partial charge >= 0.3 is 0 Å². The second kappa shape index (κ2) is 5.80. The molecule has 0 spiro atoms. The van der Waals surface area contributed by atoms with Crippen molar-refractivity contribution in [2.24, 2.45) is 0 Å². The third-order valence-corrected chi connectivity index (χ3v) is 4.75. The van der Waals surface area contributed by atoms with Gasteiger partial charge in [0.2, 0.25) is 5.95 Å². The quantitative estimate of drug-likeness (QED) is 0.723. The molecule has 0 bridgehead atoms. The van der Waals surface area contributed by atoms with Crippen LogP contribution in [0, 0.1) is 0 Å². The number of benzene rings is 1. The molecule has 1 aliphatic heterocycles. The standard InChI is InChI=1S/C17H18N8O/c1-9-14(10(2)25-17(24(9)3)21-22-23-25)16(26)20-12-4-5-13-11(8-12)6-7-19-15(13)18/h4-8,10H,1-3H3,(H2,18,19)(H,20,26). The fraction of sp³-hybridized carbons (Fsp3) is 0.235. The summed E-state index contributed by atoms with van der Waals surface area (Å²) in [6.07, 6.45) is 1.65. The van der Waals surface area contributed by atoms with Crippen molar-refractivity contribution in [2.45, 2.75) is 19.9 Å². The van der Waals surface area contributed by atoms with Gasteiger partial charge in [0.1, 0.15) is 5.82 Å². The lowest BCUT2D eigenvalue weighted by Crippen LogP contribution is -2.34. The molecule has 1 aliphatic rings. The van der Waals surface area contributed by atoms with Crippen molar-refractivity contribution in [2.75, 3.05) is 23.0 Å². The summed E-state index contributed by atoms with van der Waals surface area (Å²) in [6, 6.07) is 7.13. The lowest BCUT2D eigenvalue weighted by atomic mass is 10.0. The monoisotopic (exact) mass is 350 g/mol. The molecule has 0 fully saturated rings. The van der Waals surface area contributed by atoms with Crippen molar-refractivity contribution in [3.63, 3.8) is 0 Å². The van der Waals surface area contributed by atoms with Crippen LogP contribution in [-0.4, -0.2) is 38.1 Å². The Labute approximate surface area is 149 Å². The van der Waals surface area contributed by atoms with Crippen LogP contribution in [0.5, 0.6) is 0 Å². The molecule has 0 radical (unpaired) electrons. The maximum Gasteiger partial charge on any atom is 0.255 e. The molecule has 132 valence electrons. The molecule has 0 aliphatic carbocycles. The highest BCUT2D eigenvalue weighted by molar-refractivity contribution is 6.06. The van der Waals surface area contributed by atoms with Gasteiger partial charge in [0, 0.05) is 30.0 Å². The fourth-order valence-electron chi connectivity index (χ4n) is 3.25. The third-order valence-electron chi connectivity index (χ3n) is 4.75. The number of nitrogen functional groups attached to an aromatic ring is 1. The summed E-state index contributed by atoms with van der Waals surface area (Å²) in [5.41, 5.74) is 7.99. The first-order valence-corrected chi connectivity index (χ1v) is 8.15. The second-order valence-corrected chi connectivity index (χ2v) is 6.24. The van der Waals surface area contributed by atoms with E-state index in [1.54, 1.807) is 10.9 Å². The molecule has 26 heavy (non-hydrogen) atoms. The first-order valence-electron chi connectivity index (χ1n) is 8.15. The highest BCUT2D eigenvalue weighted by atomic mass is 16.1. The summed E-state index contributed by atoms with van der Waals surface area (Å²) in [6.45, 7) is 3.79. The number of allylic oxidation sites excluding steroid dienone is 1. The first kappa shape index (κ1) is 16.0. The Balaban J connectivity index is 1.67. The first-order chi connectivity index (χ1) is 12.5. The van der Waals surface area contributed by atoms with Gasteiger partial charge in [-0.05, 0) is 53.9 Å². The predicted molar refractivity (Wildman–Crippen MR) is 98.4 cm³/mol. The lowest BCUT2D eigenvalue weighted by molar-refractivity contribution is -0.113. The van der Waals surface area contributed by atoms with Crippen LogP contribution in [0.4, 0.5) is 17.5 Å². The normalized spacial score (nSPS) is 16.7. The van der Waals surface area contributed by atoms with Gasteiger partial charge in [-0.25, -0.2) is 9.67 Å². The molecule has 2 aromatic heterocycles. The largest absolute Gasteiger partial charge is 0.383 e. The summed E-state index contributed by atoms with van der Waals surface area (Å²) in [7, 11) is 1.84. The fourth-order valence-corrected chi connectivity index (χ4v) is 3.25. The Morgan fingerprint density at radius 3 is 2.92 bits per heavy atom. The molecule has 1 aromatic carbocycles. The SMILES string of the molecule is CC1=C(C(=O)Nc2ccc3c(N)nccc3c2)C(C)n2nnnc2N1C. The van der Waals surface area contributed by atoms with Gasteiger partial charge in [0.05, 0.1) is 11.6 Å². The number of aromatic nitrogens is 5. The van der Waals surface area contributed by atoms with Crippen molar-refractivity contribution in [1.29, 1.82) is 0 Å². The van der Waals surface area contributed by atoms with E-state index in [4.69, 9.17) is 5.73 Å². The van der Waals surface area contributed by atoms with Crippen molar-refractivity contribution >= 4 is 34.1 Å². The van der Waals surface area contributed by atoms with Crippen LogP contribution in [0.2, 0.25) is 0 Å². The number of amides is 1. The molecule has 3 N–H and O–H groups in total. The zero-order valence-electron chi connectivity index (χ0n) is 14.6. The smallest absolute Gasteiger partial charge is 0.255 e. The van der Waals surface area contributed by atoms with E-state index in [0.29, 0.717) is 23.0 Å². The Kier molecular flexibility index (Phi) is 3.57. The number of hydrogen-bond acceptors (Lipinski definition) is 7. The number of anilines is 3. The average Bonchev–Trinajstić information content (AvgIpc) is 3.10. The highest BCUT2D eigenvalue weighted by Crippen LogP contribution is 2.32. The molecule has 4 rings (SSSR count). The van der Waals surface area contributed by atoms with E-state index < -0.39 is 0 Å². The number of nitrogens with one attached hydrogen (secondary N) is 1. The van der Waals surface area contributed by atoms with Crippen LogP contribution < -0.4 is 16.0 Å². The van der Waals surface area contributed by atoms with E-state index in [9.17, 15) is 4.79 Å². The van der Waals surface area contributed by atoms with Crippen molar-refractivity contribution < 1.29 is 4.79 Å². The zero-order valence-corrected chi connectivity index (χ0v) is 14.6.